The van der Waals surface area contributed by atoms with E-state index in [9.17, 15) is 0 Å². The summed E-state index contributed by atoms with van der Waals surface area (Å²) in [5, 5.41) is 1.19. The van der Waals surface area contributed by atoms with Crippen molar-refractivity contribution in [1.29, 1.82) is 0 Å². The number of ether oxygens (including phenoxy) is 2. The van der Waals surface area contributed by atoms with Crippen LogP contribution < -0.4 is 25.0 Å². The van der Waals surface area contributed by atoms with E-state index in [1.54, 1.807) is 0 Å². The number of nitrogens with zero attached hydrogens (tertiary/aromatic N) is 3. The van der Waals surface area contributed by atoms with Gasteiger partial charge in [0.05, 0.1) is 10.7 Å². The van der Waals surface area contributed by atoms with Crippen LogP contribution in [-0.2, 0) is 0 Å². The molecule has 0 atom stereocenters. The highest BCUT2D eigenvalue weighted by molar-refractivity contribution is 7.80. The highest BCUT2D eigenvalue weighted by Gasteiger charge is 2.20. The molecule has 0 unspecified atom stereocenters. The molecule has 1 saturated heterocycles. The molecule has 2 heterocycles. The summed E-state index contributed by atoms with van der Waals surface area (Å²) in [6, 6.07) is 13.9. The predicted octanol–water partition coefficient (Wildman–Crippen LogP) is 3.37. The fraction of sp³-hybridized carbons (Fsp3) is 0.409. The fourth-order valence-electron chi connectivity index (χ4n) is 3.94. The van der Waals surface area contributed by atoms with Gasteiger partial charge in [-0.2, -0.15) is 0 Å². The molecule has 30 heavy (non-hydrogen) atoms. The van der Waals surface area contributed by atoms with E-state index < -0.39 is 0 Å². The molecule has 0 radical (unpaired) electrons. The number of halogens is 1. The molecule has 0 spiro atoms. The van der Waals surface area contributed by atoms with Gasteiger partial charge in [-0.3, -0.25) is 4.90 Å². The maximum atomic E-state index is 6.34. The summed E-state index contributed by atoms with van der Waals surface area (Å²) in [5.41, 5.74) is 8.08. The minimum atomic E-state index is 0.371. The van der Waals surface area contributed by atoms with Crippen LogP contribution in [0.5, 0.6) is 11.5 Å². The molecule has 0 amide bonds. The fourth-order valence-corrected chi connectivity index (χ4v) is 4.39. The third-order valence-corrected chi connectivity index (χ3v) is 6.06. The number of anilines is 2. The maximum absolute atomic E-state index is 6.34. The van der Waals surface area contributed by atoms with Crippen LogP contribution in [-0.4, -0.2) is 62.5 Å². The van der Waals surface area contributed by atoms with E-state index in [-0.39, 0.29) is 0 Å². The number of thiocarbonyl (C=S) groups is 1. The van der Waals surface area contributed by atoms with Crippen molar-refractivity contribution in [2.45, 2.75) is 6.42 Å². The van der Waals surface area contributed by atoms with Gasteiger partial charge in [-0.05, 0) is 49.4 Å². The van der Waals surface area contributed by atoms with Gasteiger partial charge in [-0.25, -0.2) is 0 Å². The summed E-state index contributed by atoms with van der Waals surface area (Å²) in [5.74, 6) is 1.51. The van der Waals surface area contributed by atoms with Crippen molar-refractivity contribution in [2.24, 2.45) is 5.73 Å². The lowest BCUT2D eigenvalue weighted by molar-refractivity contribution is 0.171. The molecular formula is C22H27ClN4O2S. The zero-order valence-corrected chi connectivity index (χ0v) is 18.5. The standard InChI is InChI=1S/C22H27ClN4O2S/c23-18-4-1-2-5-19(18)26-12-10-25(11-13-26)8-3-9-27(22(24)30)17-6-7-20-21(16-17)29-15-14-28-20/h1-2,4-7,16H,3,8-15H2,(H2,24,30). The number of rotatable bonds is 6. The molecular weight excluding hydrogens is 420 g/mol. The van der Waals surface area contributed by atoms with Crippen molar-refractivity contribution < 1.29 is 9.47 Å². The van der Waals surface area contributed by atoms with Crippen LogP contribution in [0.25, 0.3) is 0 Å². The van der Waals surface area contributed by atoms with E-state index in [0.717, 1.165) is 73.6 Å². The SMILES string of the molecule is NC(=S)N(CCCN1CCN(c2ccccc2Cl)CC1)c1ccc2c(c1)OCCO2. The molecule has 0 aromatic heterocycles. The Labute approximate surface area is 188 Å². The maximum Gasteiger partial charge on any atom is 0.170 e. The number of nitrogens with two attached hydrogens (primary N) is 1. The quantitative estimate of drug-likeness (QED) is 0.682. The normalized spacial score (nSPS) is 16.4. The van der Waals surface area contributed by atoms with Gasteiger partial charge < -0.3 is 25.0 Å². The molecule has 0 aliphatic carbocycles. The zero-order chi connectivity index (χ0) is 20.9. The predicted molar refractivity (Wildman–Crippen MR) is 126 cm³/mol. The molecule has 4 rings (SSSR count). The first-order chi connectivity index (χ1) is 14.6. The molecule has 0 bridgehead atoms. The second kappa shape index (κ2) is 9.73. The molecule has 6 nitrogen and oxygen atoms in total. The Morgan fingerprint density at radius 1 is 1.03 bits per heavy atom. The summed E-state index contributed by atoms with van der Waals surface area (Å²) in [6.45, 7) is 6.89. The van der Waals surface area contributed by atoms with Crippen molar-refractivity contribution in [3.05, 3.63) is 47.5 Å². The van der Waals surface area contributed by atoms with Gasteiger partial charge in [-0.15, -0.1) is 0 Å². The van der Waals surface area contributed by atoms with Crippen LogP contribution in [0.2, 0.25) is 5.02 Å². The smallest absolute Gasteiger partial charge is 0.170 e. The number of hydrogen-bond acceptors (Lipinski definition) is 5. The van der Waals surface area contributed by atoms with Crippen LogP contribution in [0.4, 0.5) is 11.4 Å². The lowest BCUT2D eigenvalue weighted by Crippen LogP contribution is -2.47. The molecule has 2 N–H and O–H groups in total. The van der Waals surface area contributed by atoms with Crippen LogP contribution in [0.3, 0.4) is 0 Å². The number of piperazine rings is 1. The monoisotopic (exact) mass is 446 g/mol. The molecule has 2 aliphatic rings. The number of benzene rings is 2. The third kappa shape index (κ3) is 4.91. The Kier molecular flexibility index (Phi) is 6.82. The second-order valence-corrected chi connectivity index (χ2v) is 8.28. The first-order valence-corrected chi connectivity index (χ1v) is 11.1. The summed E-state index contributed by atoms with van der Waals surface area (Å²) < 4.78 is 11.3. The van der Waals surface area contributed by atoms with Crippen molar-refractivity contribution in [3.8, 4) is 11.5 Å². The Hall–Kier alpha value is -2.22. The number of fused-ring (bicyclic) bond motifs is 1. The lowest BCUT2D eigenvalue weighted by Gasteiger charge is -2.36. The first kappa shape index (κ1) is 21.0. The highest BCUT2D eigenvalue weighted by atomic mass is 35.5. The van der Waals surface area contributed by atoms with Gasteiger partial charge >= 0.3 is 0 Å². The molecule has 0 saturated carbocycles. The topological polar surface area (TPSA) is 54.2 Å². The highest BCUT2D eigenvalue weighted by Crippen LogP contribution is 2.34. The van der Waals surface area contributed by atoms with Crippen LogP contribution in [0.1, 0.15) is 6.42 Å². The minimum absolute atomic E-state index is 0.371. The van der Waals surface area contributed by atoms with Crippen molar-refractivity contribution >= 4 is 40.3 Å². The van der Waals surface area contributed by atoms with Gasteiger partial charge in [0, 0.05) is 44.5 Å². The van der Waals surface area contributed by atoms with Crippen LogP contribution >= 0.6 is 23.8 Å². The van der Waals surface area contributed by atoms with E-state index in [4.69, 9.17) is 39.0 Å². The third-order valence-electron chi connectivity index (χ3n) is 5.52. The summed E-state index contributed by atoms with van der Waals surface area (Å²) in [6.07, 6.45) is 0.970. The van der Waals surface area contributed by atoms with E-state index in [2.05, 4.69) is 15.9 Å². The van der Waals surface area contributed by atoms with Gasteiger partial charge in [0.25, 0.3) is 0 Å². The van der Waals surface area contributed by atoms with E-state index in [1.165, 1.54) is 0 Å². The van der Waals surface area contributed by atoms with E-state index >= 15 is 0 Å². The van der Waals surface area contributed by atoms with Crippen molar-refractivity contribution in [3.63, 3.8) is 0 Å². The average molecular weight is 447 g/mol. The molecule has 8 heteroatoms. The first-order valence-electron chi connectivity index (χ1n) is 10.3. The Balaban J connectivity index is 1.29. The summed E-state index contributed by atoms with van der Waals surface area (Å²) >= 11 is 11.6. The number of hydrogen-bond donors (Lipinski definition) is 1. The van der Waals surface area contributed by atoms with E-state index in [1.807, 2.05) is 41.3 Å². The Morgan fingerprint density at radius 3 is 2.50 bits per heavy atom. The van der Waals surface area contributed by atoms with Gasteiger partial charge in [0.15, 0.2) is 16.6 Å². The molecule has 1 fully saturated rings. The van der Waals surface area contributed by atoms with Crippen molar-refractivity contribution in [2.75, 3.05) is 62.3 Å². The largest absolute Gasteiger partial charge is 0.486 e. The van der Waals surface area contributed by atoms with E-state index in [0.29, 0.717) is 18.3 Å². The van der Waals surface area contributed by atoms with Gasteiger partial charge in [0.1, 0.15) is 13.2 Å². The Bertz CT molecular complexity index is 889. The summed E-state index contributed by atoms with van der Waals surface area (Å²) in [7, 11) is 0. The lowest BCUT2D eigenvalue weighted by atomic mass is 10.2. The molecule has 160 valence electrons. The average Bonchev–Trinajstić information content (AvgIpc) is 2.77. The van der Waals surface area contributed by atoms with Gasteiger partial charge in [0.2, 0.25) is 0 Å². The minimum Gasteiger partial charge on any atom is -0.486 e. The molecule has 2 aliphatic heterocycles. The van der Waals surface area contributed by atoms with Crippen LogP contribution in [0.15, 0.2) is 42.5 Å². The molecule has 2 aromatic rings. The van der Waals surface area contributed by atoms with Gasteiger partial charge in [-0.1, -0.05) is 23.7 Å². The summed E-state index contributed by atoms with van der Waals surface area (Å²) in [4.78, 5) is 6.80. The van der Waals surface area contributed by atoms with Crippen LogP contribution in [0, 0.1) is 0 Å². The second-order valence-electron chi connectivity index (χ2n) is 7.45. The zero-order valence-electron chi connectivity index (χ0n) is 16.9. The number of para-hydroxylation sites is 1. The molecule has 2 aromatic carbocycles. The Morgan fingerprint density at radius 2 is 1.77 bits per heavy atom. The van der Waals surface area contributed by atoms with Crippen molar-refractivity contribution in [1.82, 2.24) is 4.90 Å².